The van der Waals surface area contributed by atoms with Crippen LogP contribution in [0.4, 0.5) is 0 Å². The Morgan fingerprint density at radius 1 is 1.35 bits per heavy atom. The first-order valence-electron chi connectivity index (χ1n) is 6.98. The number of thioether (sulfide) groups is 1. The predicted molar refractivity (Wildman–Crippen MR) is 87.4 cm³/mol. The molecule has 2 aromatic rings. The number of amides is 1. The maximum Gasteiger partial charge on any atom is 0.230 e. The monoisotopic (exact) mass is 308 g/mol. The van der Waals surface area contributed by atoms with E-state index in [2.05, 4.69) is 30.2 Å². The van der Waals surface area contributed by atoms with Gasteiger partial charge in [-0.15, -0.1) is 11.3 Å². The van der Waals surface area contributed by atoms with Gasteiger partial charge >= 0.3 is 0 Å². The Morgan fingerprint density at radius 3 is 2.80 bits per heavy atom. The van der Waals surface area contributed by atoms with Crippen molar-refractivity contribution in [3.05, 3.63) is 24.3 Å². The van der Waals surface area contributed by atoms with E-state index in [9.17, 15) is 4.79 Å². The van der Waals surface area contributed by atoms with Crippen LogP contribution in [0.1, 0.15) is 26.7 Å². The van der Waals surface area contributed by atoms with Crippen molar-refractivity contribution in [2.45, 2.75) is 31.0 Å². The fraction of sp³-hybridized carbons (Fsp3) is 0.467. The van der Waals surface area contributed by atoms with Crippen LogP contribution in [-0.2, 0) is 4.79 Å². The Labute approximate surface area is 128 Å². The minimum absolute atomic E-state index is 0.0983. The Morgan fingerprint density at radius 2 is 2.10 bits per heavy atom. The van der Waals surface area contributed by atoms with E-state index in [1.807, 2.05) is 18.2 Å². The lowest BCUT2D eigenvalue weighted by molar-refractivity contribution is -0.118. The lowest BCUT2D eigenvalue weighted by Crippen LogP contribution is -2.30. The van der Waals surface area contributed by atoms with Crippen LogP contribution in [-0.4, -0.2) is 23.2 Å². The van der Waals surface area contributed by atoms with Gasteiger partial charge in [-0.25, -0.2) is 4.98 Å². The first-order chi connectivity index (χ1) is 9.72. The van der Waals surface area contributed by atoms with Crippen molar-refractivity contribution in [2.75, 3.05) is 12.3 Å². The number of hydrogen-bond donors (Lipinski definition) is 1. The molecule has 0 radical (unpaired) electrons. The summed E-state index contributed by atoms with van der Waals surface area (Å²) >= 11 is 3.16. The van der Waals surface area contributed by atoms with Gasteiger partial charge in [-0.1, -0.05) is 50.6 Å². The van der Waals surface area contributed by atoms with Crippen LogP contribution in [0.25, 0.3) is 10.2 Å². The third-order valence-corrected chi connectivity index (χ3v) is 5.52. The van der Waals surface area contributed by atoms with Crippen LogP contribution in [0.3, 0.4) is 0 Å². The highest BCUT2D eigenvalue weighted by atomic mass is 32.2. The van der Waals surface area contributed by atoms with Crippen LogP contribution < -0.4 is 5.32 Å². The van der Waals surface area contributed by atoms with Crippen molar-refractivity contribution >= 4 is 39.2 Å². The fourth-order valence-electron chi connectivity index (χ4n) is 1.93. The summed E-state index contributed by atoms with van der Waals surface area (Å²) in [6, 6.07) is 8.06. The predicted octanol–water partition coefficient (Wildman–Crippen LogP) is 3.94. The minimum atomic E-state index is 0.0983. The largest absolute Gasteiger partial charge is 0.355 e. The summed E-state index contributed by atoms with van der Waals surface area (Å²) in [5.41, 5.74) is 1.01. The molecular weight excluding hydrogens is 288 g/mol. The number of aromatic nitrogens is 1. The van der Waals surface area contributed by atoms with Crippen molar-refractivity contribution < 1.29 is 4.79 Å². The third-order valence-electron chi connectivity index (χ3n) is 3.34. The summed E-state index contributed by atoms with van der Waals surface area (Å²) in [6.07, 6.45) is 2.23. The highest BCUT2D eigenvalue weighted by molar-refractivity contribution is 8.01. The third kappa shape index (κ3) is 4.21. The SMILES string of the molecule is CCC(CC)CNC(=O)CSc1nc2ccccc2s1. The maximum atomic E-state index is 11.8. The lowest BCUT2D eigenvalue weighted by Gasteiger charge is -2.12. The first-order valence-corrected chi connectivity index (χ1v) is 8.78. The highest BCUT2D eigenvalue weighted by Crippen LogP contribution is 2.28. The molecule has 0 saturated carbocycles. The van der Waals surface area contributed by atoms with E-state index < -0.39 is 0 Å². The van der Waals surface area contributed by atoms with E-state index in [0.29, 0.717) is 11.7 Å². The van der Waals surface area contributed by atoms with Crippen LogP contribution in [0.2, 0.25) is 0 Å². The highest BCUT2D eigenvalue weighted by Gasteiger charge is 2.09. The normalized spacial score (nSPS) is 11.2. The van der Waals surface area contributed by atoms with Crippen LogP contribution in [0.5, 0.6) is 0 Å². The average molecular weight is 308 g/mol. The molecule has 1 amide bonds. The van der Waals surface area contributed by atoms with Crippen molar-refractivity contribution in [3.8, 4) is 0 Å². The number of nitrogens with one attached hydrogen (secondary N) is 1. The number of carbonyl (C=O) groups is 1. The molecule has 1 aromatic heterocycles. The number of para-hydroxylation sites is 1. The summed E-state index contributed by atoms with van der Waals surface area (Å²) in [5, 5.41) is 3.01. The summed E-state index contributed by atoms with van der Waals surface area (Å²) in [6.45, 7) is 5.11. The Hall–Kier alpha value is -1.07. The van der Waals surface area contributed by atoms with Crippen molar-refractivity contribution in [3.63, 3.8) is 0 Å². The van der Waals surface area contributed by atoms with E-state index in [4.69, 9.17) is 0 Å². The van der Waals surface area contributed by atoms with Crippen LogP contribution >= 0.6 is 23.1 Å². The Balaban J connectivity index is 1.81. The Bertz CT molecular complexity index is 531. The van der Waals surface area contributed by atoms with E-state index in [1.165, 1.54) is 16.5 Å². The molecule has 0 fully saturated rings. The molecule has 0 aliphatic heterocycles. The molecule has 5 heteroatoms. The van der Waals surface area contributed by atoms with Gasteiger partial charge in [0.05, 0.1) is 16.0 Å². The molecule has 108 valence electrons. The minimum Gasteiger partial charge on any atom is -0.355 e. The molecule has 0 unspecified atom stereocenters. The zero-order valence-corrected chi connectivity index (χ0v) is 13.5. The fourth-order valence-corrected chi connectivity index (χ4v) is 3.82. The molecule has 20 heavy (non-hydrogen) atoms. The van der Waals surface area contributed by atoms with Gasteiger partial charge in [0.25, 0.3) is 0 Å². The number of nitrogens with zero attached hydrogens (tertiary/aromatic N) is 1. The molecule has 0 aliphatic rings. The molecule has 1 heterocycles. The van der Waals surface area contributed by atoms with Gasteiger partial charge in [-0.05, 0) is 18.1 Å². The molecule has 2 rings (SSSR count). The van der Waals surface area contributed by atoms with Crippen molar-refractivity contribution in [1.29, 1.82) is 0 Å². The second kappa shape index (κ2) is 7.64. The molecule has 0 aliphatic carbocycles. The van der Waals surface area contributed by atoms with Gasteiger partial charge in [-0.3, -0.25) is 4.79 Å². The molecule has 0 atom stereocenters. The van der Waals surface area contributed by atoms with Gasteiger partial charge in [-0.2, -0.15) is 0 Å². The number of carbonyl (C=O) groups excluding carboxylic acids is 1. The number of benzene rings is 1. The molecule has 3 nitrogen and oxygen atoms in total. The van der Waals surface area contributed by atoms with Crippen LogP contribution in [0, 0.1) is 5.92 Å². The van der Waals surface area contributed by atoms with E-state index in [-0.39, 0.29) is 5.91 Å². The smallest absolute Gasteiger partial charge is 0.230 e. The van der Waals surface area contributed by atoms with E-state index >= 15 is 0 Å². The van der Waals surface area contributed by atoms with E-state index in [0.717, 1.165) is 29.2 Å². The first kappa shape index (κ1) is 15.3. The maximum absolute atomic E-state index is 11.8. The number of rotatable bonds is 7. The number of fused-ring (bicyclic) bond motifs is 1. The summed E-state index contributed by atoms with van der Waals surface area (Å²) in [4.78, 5) is 16.3. The van der Waals surface area contributed by atoms with Gasteiger partial charge in [0.1, 0.15) is 0 Å². The quantitative estimate of drug-likeness (QED) is 0.788. The molecular formula is C15H20N2OS2. The molecule has 1 aromatic carbocycles. The number of thiazole rings is 1. The Kier molecular flexibility index (Phi) is 5.86. The van der Waals surface area contributed by atoms with Gasteiger partial charge in [0.15, 0.2) is 4.34 Å². The van der Waals surface area contributed by atoms with E-state index in [1.54, 1.807) is 11.3 Å². The second-order valence-corrected chi connectivity index (χ2v) is 6.98. The van der Waals surface area contributed by atoms with Crippen LogP contribution in [0.15, 0.2) is 28.6 Å². The second-order valence-electron chi connectivity index (χ2n) is 4.72. The molecule has 1 N–H and O–H groups in total. The summed E-state index contributed by atoms with van der Waals surface area (Å²) < 4.78 is 2.14. The topological polar surface area (TPSA) is 42.0 Å². The summed E-state index contributed by atoms with van der Waals surface area (Å²) in [5.74, 6) is 1.13. The van der Waals surface area contributed by atoms with Gasteiger partial charge < -0.3 is 5.32 Å². The van der Waals surface area contributed by atoms with Crippen molar-refractivity contribution in [1.82, 2.24) is 10.3 Å². The van der Waals surface area contributed by atoms with Gasteiger partial charge in [0.2, 0.25) is 5.91 Å². The lowest BCUT2D eigenvalue weighted by atomic mass is 10.0. The summed E-state index contributed by atoms with van der Waals surface area (Å²) in [7, 11) is 0. The average Bonchev–Trinajstić information content (AvgIpc) is 2.89. The molecule has 0 spiro atoms. The standard InChI is InChI=1S/C15H20N2OS2/c1-3-11(4-2)9-16-14(18)10-19-15-17-12-7-5-6-8-13(12)20-15/h5-8,11H,3-4,9-10H2,1-2H3,(H,16,18). The molecule has 0 bridgehead atoms. The van der Waals surface area contributed by atoms with Crippen molar-refractivity contribution in [2.24, 2.45) is 5.92 Å². The molecule has 0 saturated heterocycles. The number of hydrogen-bond acceptors (Lipinski definition) is 4. The van der Waals surface area contributed by atoms with Gasteiger partial charge in [0, 0.05) is 6.54 Å². The zero-order valence-electron chi connectivity index (χ0n) is 11.9. The zero-order chi connectivity index (χ0) is 14.4.